The molecule has 2 amide bonds. The fourth-order valence-corrected chi connectivity index (χ4v) is 2.52. The first kappa shape index (κ1) is 13.6. The SMILES string of the molecule is C=CCON1C(=O)N2CC(c3cnn(C)c(=O)c3)=CC1C2. The molecule has 7 nitrogen and oxygen atoms in total. The normalized spacial score (nSPS) is 20.7. The van der Waals surface area contributed by atoms with Crippen molar-refractivity contribution in [1.29, 1.82) is 0 Å². The Bertz CT molecular complexity index is 679. The second-order valence-corrected chi connectivity index (χ2v) is 5.04. The van der Waals surface area contributed by atoms with Gasteiger partial charge in [-0.25, -0.2) is 9.48 Å². The van der Waals surface area contributed by atoms with Crippen LogP contribution < -0.4 is 5.56 Å². The lowest BCUT2D eigenvalue weighted by Crippen LogP contribution is -2.33. The Hall–Kier alpha value is -2.41. The molecule has 0 saturated carbocycles. The summed E-state index contributed by atoms with van der Waals surface area (Å²) in [6.07, 6.45) is 5.19. The van der Waals surface area contributed by atoms with Gasteiger partial charge in [-0.1, -0.05) is 12.2 Å². The predicted molar refractivity (Wildman–Crippen MR) is 76.2 cm³/mol. The van der Waals surface area contributed by atoms with Crippen molar-refractivity contribution >= 4 is 11.6 Å². The van der Waals surface area contributed by atoms with E-state index in [-0.39, 0.29) is 24.2 Å². The third kappa shape index (κ3) is 2.36. The Kier molecular flexibility index (Phi) is 3.34. The van der Waals surface area contributed by atoms with Crippen molar-refractivity contribution in [2.24, 2.45) is 7.05 Å². The van der Waals surface area contributed by atoms with Crippen molar-refractivity contribution in [2.75, 3.05) is 19.7 Å². The van der Waals surface area contributed by atoms with Crippen LogP contribution in [0.5, 0.6) is 0 Å². The molecule has 2 bridgehead atoms. The van der Waals surface area contributed by atoms with E-state index in [2.05, 4.69) is 11.7 Å². The second kappa shape index (κ2) is 5.17. The van der Waals surface area contributed by atoms with Crippen LogP contribution in [-0.4, -0.2) is 51.5 Å². The third-order valence-corrected chi connectivity index (χ3v) is 3.59. The molecule has 0 radical (unpaired) electrons. The zero-order chi connectivity index (χ0) is 15.0. The highest BCUT2D eigenvalue weighted by atomic mass is 16.7. The topological polar surface area (TPSA) is 67.7 Å². The molecule has 7 heteroatoms. The second-order valence-electron chi connectivity index (χ2n) is 5.04. The van der Waals surface area contributed by atoms with E-state index in [1.54, 1.807) is 24.2 Å². The molecule has 1 aromatic rings. The van der Waals surface area contributed by atoms with Crippen LogP contribution in [0.2, 0.25) is 0 Å². The lowest BCUT2D eigenvalue weighted by Gasteiger charge is -2.21. The first-order valence-electron chi connectivity index (χ1n) is 6.66. The number of carbonyl (C=O) groups excluding carboxylic acids is 1. The molecule has 0 spiro atoms. The van der Waals surface area contributed by atoms with Crippen molar-refractivity contribution in [3.8, 4) is 0 Å². The van der Waals surface area contributed by atoms with Crippen molar-refractivity contribution in [2.45, 2.75) is 6.04 Å². The van der Waals surface area contributed by atoms with Gasteiger partial charge in [0.1, 0.15) is 0 Å². The fraction of sp³-hybridized carbons (Fsp3) is 0.357. The minimum Gasteiger partial charge on any atom is -0.316 e. The van der Waals surface area contributed by atoms with Crippen LogP contribution in [-0.2, 0) is 11.9 Å². The number of amides is 2. The minimum absolute atomic E-state index is 0.148. The Morgan fingerprint density at radius 3 is 3.05 bits per heavy atom. The molecule has 110 valence electrons. The molecule has 0 aliphatic carbocycles. The summed E-state index contributed by atoms with van der Waals surface area (Å²) in [6.45, 7) is 4.91. The summed E-state index contributed by atoms with van der Waals surface area (Å²) in [7, 11) is 1.60. The van der Waals surface area contributed by atoms with Crippen molar-refractivity contribution in [3.05, 3.63) is 46.9 Å². The van der Waals surface area contributed by atoms with E-state index in [0.29, 0.717) is 13.1 Å². The zero-order valence-corrected chi connectivity index (χ0v) is 11.7. The number of aromatic nitrogens is 2. The maximum Gasteiger partial charge on any atom is 0.344 e. The van der Waals surface area contributed by atoms with Gasteiger partial charge in [0, 0.05) is 31.8 Å². The van der Waals surface area contributed by atoms with E-state index in [1.165, 1.54) is 15.8 Å². The van der Waals surface area contributed by atoms with Gasteiger partial charge < -0.3 is 4.90 Å². The fourth-order valence-electron chi connectivity index (χ4n) is 2.52. The summed E-state index contributed by atoms with van der Waals surface area (Å²) >= 11 is 0. The molecular weight excluding hydrogens is 272 g/mol. The van der Waals surface area contributed by atoms with Crippen LogP contribution >= 0.6 is 0 Å². The summed E-state index contributed by atoms with van der Waals surface area (Å²) in [6, 6.07) is 1.22. The summed E-state index contributed by atoms with van der Waals surface area (Å²) in [5.74, 6) is 0. The Labute approximate surface area is 121 Å². The molecule has 0 aromatic carbocycles. The average Bonchev–Trinajstić information content (AvgIpc) is 2.70. The Balaban J connectivity index is 1.89. The smallest absolute Gasteiger partial charge is 0.316 e. The van der Waals surface area contributed by atoms with Crippen LogP contribution in [0.4, 0.5) is 4.79 Å². The number of fused-ring (bicyclic) bond motifs is 2. The molecule has 2 aliphatic heterocycles. The van der Waals surface area contributed by atoms with Crippen molar-refractivity contribution in [3.63, 3.8) is 0 Å². The number of rotatable bonds is 4. The van der Waals surface area contributed by atoms with Gasteiger partial charge in [-0.2, -0.15) is 10.2 Å². The zero-order valence-electron chi connectivity index (χ0n) is 11.7. The summed E-state index contributed by atoms with van der Waals surface area (Å²) in [5.41, 5.74) is 1.48. The molecule has 2 aliphatic rings. The maximum absolute atomic E-state index is 12.2. The first-order valence-corrected chi connectivity index (χ1v) is 6.66. The van der Waals surface area contributed by atoms with E-state index in [0.717, 1.165) is 11.1 Å². The van der Waals surface area contributed by atoms with Gasteiger partial charge in [0.25, 0.3) is 5.56 Å². The molecule has 1 fully saturated rings. The van der Waals surface area contributed by atoms with Crippen LogP contribution in [0.1, 0.15) is 5.56 Å². The molecule has 0 N–H and O–H groups in total. The number of hydroxylamine groups is 2. The third-order valence-electron chi connectivity index (χ3n) is 3.59. The molecule has 21 heavy (non-hydrogen) atoms. The van der Waals surface area contributed by atoms with Gasteiger partial charge in [-0.15, -0.1) is 6.58 Å². The van der Waals surface area contributed by atoms with E-state index < -0.39 is 0 Å². The van der Waals surface area contributed by atoms with E-state index in [9.17, 15) is 9.59 Å². The summed E-state index contributed by atoms with van der Waals surface area (Å²) in [4.78, 5) is 30.9. The number of hydrogen-bond donors (Lipinski definition) is 0. The van der Waals surface area contributed by atoms with Gasteiger partial charge in [-0.05, 0) is 5.57 Å². The predicted octanol–water partition coefficient (Wildman–Crippen LogP) is 0.401. The lowest BCUT2D eigenvalue weighted by atomic mass is 10.0. The van der Waals surface area contributed by atoms with Crippen LogP contribution in [0.15, 0.2) is 35.8 Å². The largest absolute Gasteiger partial charge is 0.344 e. The molecule has 1 atom stereocenters. The number of carbonyl (C=O) groups is 1. The van der Waals surface area contributed by atoms with Gasteiger partial charge in [0.2, 0.25) is 0 Å². The Morgan fingerprint density at radius 2 is 2.33 bits per heavy atom. The average molecular weight is 288 g/mol. The highest BCUT2D eigenvalue weighted by Crippen LogP contribution is 2.28. The molecule has 1 aromatic heterocycles. The van der Waals surface area contributed by atoms with Crippen LogP contribution in [0.3, 0.4) is 0 Å². The van der Waals surface area contributed by atoms with E-state index in [1.807, 2.05) is 6.08 Å². The van der Waals surface area contributed by atoms with Gasteiger partial charge in [0.15, 0.2) is 0 Å². The quantitative estimate of drug-likeness (QED) is 0.752. The highest BCUT2D eigenvalue weighted by Gasteiger charge is 2.40. The van der Waals surface area contributed by atoms with E-state index in [4.69, 9.17) is 4.84 Å². The highest BCUT2D eigenvalue weighted by molar-refractivity contribution is 5.82. The lowest BCUT2D eigenvalue weighted by molar-refractivity contribution is -0.107. The molecule has 3 rings (SSSR count). The van der Waals surface area contributed by atoms with Crippen LogP contribution in [0.25, 0.3) is 5.57 Å². The van der Waals surface area contributed by atoms with Crippen LogP contribution in [0, 0.1) is 0 Å². The number of aryl methyl sites for hydroxylation is 1. The number of hydrogen-bond acceptors (Lipinski definition) is 4. The maximum atomic E-state index is 12.2. The van der Waals surface area contributed by atoms with Gasteiger partial charge in [0.05, 0.1) is 18.8 Å². The molecule has 3 heterocycles. The Morgan fingerprint density at radius 1 is 1.52 bits per heavy atom. The first-order chi connectivity index (χ1) is 10.1. The van der Waals surface area contributed by atoms with Gasteiger partial charge in [-0.3, -0.25) is 9.63 Å². The monoisotopic (exact) mass is 288 g/mol. The molecular formula is C14H16N4O3. The summed E-state index contributed by atoms with van der Waals surface area (Å²) < 4.78 is 1.27. The molecule has 1 unspecified atom stereocenters. The molecule has 1 saturated heterocycles. The van der Waals surface area contributed by atoms with Gasteiger partial charge >= 0.3 is 6.03 Å². The van der Waals surface area contributed by atoms with Crippen molar-refractivity contribution < 1.29 is 9.63 Å². The number of nitrogens with zero attached hydrogens (tertiary/aromatic N) is 4. The van der Waals surface area contributed by atoms with Crippen molar-refractivity contribution in [1.82, 2.24) is 19.7 Å². The number of urea groups is 1. The van der Waals surface area contributed by atoms with E-state index >= 15 is 0 Å². The standard InChI is InChI=1S/C14H16N4O3/c1-3-4-21-18-12-5-11(8-17(9-12)14(18)20)10-6-13(19)16(2)15-7-10/h3,5-7,12H,1,4,8-9H2,2H3. The minimum atomic E-state index is -0.174. The summed E-state index contributed by atoms with van der Waals surface area (Å²) in [5, 5.41) is 5.38.